The number of benzene rings is 2. The maximum absolute atomic E-state index is 12.0. The highest BCUT2D eigenvalue weighted by Gasteiger charge is 2.09. The van der Waals surface area contributed by atoms with Crippen LogP contribution in [0.15, 0.2) is 60.0 Å². The van der Waals surface area contributed by atoms with Gasteiger partial charge in [0.25, 0.3) is 0 Å². The molecule has 0 saturated heterocycles. The number of carbonyl (C=O) groups is 1. The maximum Gasteiger partial charge on any atom is 0.234 e. The molecule has 25 heavy (non-hydrogen) atoms. The zero-order valence-corrected chi connectivity index (χ0v) is 14.5. The Balaban J connectivity index is 1.57. The molecule has 0 saturated carbocycles. The Labute approximate surface area is 153 Å². The Hall–Kier alpha value is -2.82. The van der Waals surface area contributed by atoms with E-state index < -0.39 is 0 Å². The third-order valence-corrected chi connectivity index (χ3v) is 4.36. The number of thioether (sulfide) groups is 1. The van der Waals surface area contributed by atoms with E-state index in [-0.39, 0.29) is 11.7 Å². The van der Waals surface area contributed by atoms with Crippen LogP contribution in [0.3, 0.4) is 0 Å². The summed E-state index contributed by atoms with van der Waals surface area (Å²) in [6, 6.07) is 16.3. The minimum atomic E-state index is -0.207. The highest BCUT2D eigenvalue weighted by atomic mass is 35.5. The predicted molar refractivity (Wildman–Crippen MR) is 96.9 cm³/mol. The molecule has 0 fully saturated rings. The van der Waals surface area contributed by atoms with Gasteiger partial charge in [0.05, 0.1) is 22.0 Å². The van der Waals surface area contributed by atoms with E-state index in [1.165, 1.54) is 11.8 Å². The minimum absolute atomic E-state index is 0.163. The van der Waals surface area contributed by atoms with Crippen LogP contribution in [0.1, 0.15) is 5.56 Å². The summed E-state index contributed by atoms with van der Waals surface area (Å²) in [6.07, 6.45) is 1.61. The van der Waals surface area contributed by atoms with E-state index in [1.54, 1.807) is 29.2 Å². The average molecular weight is 370 g/mol. The van der Waals surface area contributed by atoms with Crippen molar-refractivity contribution in [1.29, 1.82) is 5.26 Å². The fourth-order valence-corrected chi connectivity index (χ4v) is 2.85. The van der Waals surface area contributed by atoms with Crippen molar-refractivity contribution >= 4 is 35.0 Å². The molecule has 2 aromatic carbocycles. The molecule has 1 N–H and O–H groups in total. The molecule has 6 nitrogen and oxygen atoms in total. The number of nitrogens with zero attached hydrogens (tertiary/aromatic N) is 4. The minimum Gasteiger partial charge on any atom is -0.325 e. The largest absolute Gasteiger partial charge is 0.325 e. The number of aromatic nitrogens is 3. The molecule has 3 aromatic rings. The van der Waals surface area contributed by atoms with Crippen molar-refractivity contribution in [3.63, 3.8) is 0 Å². The van der Waals surface area contributed by atoms with Gasteiger partial charge >= 0.3 is 0 Å². The van der Waals surface area contributed by atoms with E-state index in [2.05, 4.69) is 15.4 Å². The summed E-state index contributed by atoms with van der Waals surface area (Å²) in [5.41, 5.74) is 1.81. The van der Waals surface area contributed by atoms with E-state index >= 15 is 0 Å². The van der Waals surface area contributed by atoms with Gasteiger partial charge in [-0.05, 0) is 30.3 Å². The zero-order valence-electron chi connectivity index (χ0n) is 12.9. The molecule has 0 bridgehead atoms. The third-order valence-electron chi connectivity index (χ3n) is 3.20. The van der Waals surface area contributed by atoms with E-state index in [1.807, 2.05) is 36.4 Å². The first-order chi connectivity index (χ1) is 12.2. The monoisotopic (exact) mass is 369 g/mol. The molecular weight excluding hydrogens is 358 g/mol. The SMILES string of the molecule is N#Cc1ccc(NC(=O)CSc2ncn(-c3ccccc3)n2)cc1Cl. The molecule has 8 heteroatoms. The second kappa shape index (κ2) is 7.83. The smallest absolute Gasteiger partial charge is 0.234 e. The van der Waals surface area contributed by atoms with E-state index in [0.717, 1.165) is 5.69 Å². The summed E-state index contributed by atoms with van der Waals surface area (Å²) < 4.78 is 1.65. The van der Waals surface area contributed by atoms with E-state index in [4.69, 9.17) is 16.9 Å². The molecule has 3 rings (SSSR count). The lowest BCUT2D eigenvalue weighted by Gasteiger charge is -2.05. The average Bonchev–Trinajstić information content (AvgIpc) is 3.10. The summed E-state index contributed by atoms with van der Waals surface area (Å²) in [5, 5.41) is 16.7. The summed E-state index contributed by atoms with van der Waals surface area (Å²) >= 11 is 7.18. The number of rotatable bonds is 5. The molecule has 0 radical (unpaired) electrons. The first-order valence-electron chi connectivity index (χ1n) is 7.25. The lowest BCUT2D eigenvalue weighted by atomic mass is 10.2. The summed E-state index contributed by atoms with van der Waals surface area (Å²) in [6.45, 7) is 0. The van der Waals surface area contributed by atoms with Gasteiger partial charge in [0.2, 0.25) is 11.1 Å². The number of nitriles is 1. The first-order valence-corrected chi connectivity index (χ1v) is 8.61. The van der Waals surface area contributed by atoms with E-state index in [9.17, 15) is 4.79 Å². The van der Waals surface area contributed by atoms with Crippen molar-refractivity contribution in [1.82, 2.24) is 14.8 Å². The summed E-state index contributed by atoms with van der Waals surface area (Å²) in [4.78, 5) is 16.2. The van der Waals surface area contributed by atoms with Crippen LogP contribution in [0.2, 0.25) is 5.02 Å². The van der Waals surface area contributed by atoms with Gasteiger partial charge in [-0.1, -0.05) is 41.6 Å². The molecule has 0 spiro atoms. The highest BCUT2D eigenvalue weighted by Crippen LogP contribution is 2.21. The summed E-state index contributed by atoms with van der Waals surface area (Å²) in [5.74, 6) is -0.0435. The van der Waals surface area contributed by atoms with Crippen LogP contribution in [0.4, 0.5) is 5.69 Å². The van der Waals surface area contributed by atoms with Gasteiger partial charge in [-0.25, -0.2) is 9.67 Å². The van der Waals surface area contributed by atoms with Gasteiger partial charge in [-0.15, -0.1) is 5.10 Å². The fourth-order valence-electron chi connectivity index (χ4n) is 2.03. The van der Waals surface area contributed by atoms with Gasteiger partial charge < -0.3 is 5.32 Å². The second-order valence-electron chi connectivity index (χ2n) is 4.95. The quantitative estimate of drug-likeness (QED) is 0.695. The Morgan fingerprint density at radius 2 is 2.08 bits per heavy atom. The zero-order chi connectivity index (χ0) is 17.6. The number of hydrogen-bond acceptors (Lipinski definition) is 5. The standard InChI is InChI=1S/C17H12ClN5OS/c18-15-8-13(7-6-12(15)9-19)21-16(24)10-25-17-20-11-23(22-17)14-4-2-1-3-5-14/h1-8,11H,10H2,(H,21,24). The van der Waals surface area contributed by atoms with Crippen LogP contribution >= 0.6 is 23.4 Å². The molecule has 0 unspecified atom stereocenters. The van der Waals surface area contributed by atoms with Gasteiger partial charge in [0, 0.05) is 5.69 Å². The molecular formula is C17H12ClN5OS. The second-order valence-corrected chi connectivity index (χ2v) is 6.30. The van der Waals surface area contributed by atoms with E-state index in [0.29, 0.717) is 21.4 Å². The van der Waals surface area contributed by atoms with Crippen LogP contribution in [0, 0.1) is 11.3 Å². The van der Waals surface area contributed by atoms with Gasteiger partial charge in [0.15, 0.2) is 0 Å². The molecule has 0 atom stereocenters. The van der Waals surface area contributed by atoms with Crippen molar-refractivity contribution in [3.05, 3.63) is 65.4 Å². The number of carbonyl (C=O) groups excluding carboxylic acids is 1. The van der Waals surface area contributed by atoms with Gasteiger partial charge in [-0.2, -0.15) is 5.26 Å². The van der Waals surface area contributed by atoms with Crippen LogP contribution in [-0.4, -0.2) is 26.4 Å². The Kier molecular flexibility index (Phi) is 5.33. The van der Waals surface area contributed by atoms with Crippen LogP contribution < -0.4 is 5.32 Å². The number of amides is 1. The van der Waals surface area contributed by atoms with Crippen LogP contribution in [0.25, 0.3) is 5.69 Å². The molecule has 0 aliphatic heterocycles. The molecule has 1 heterocycles. The van der Waals surface area contributed by atoms with Crippen molar-refractivity contribution in [3.8, 4) is 11.8 Å². The highest BCUT2D eigenvalue weighted by molar-refractivity contribution is 7.99. The van der Waals surface area contributed by atoms with Crippen LogP contribution in [-0.2, 0) is 4.79 Å². The molecule has 0 aliphatic rings. The fraction of sp³-hybridized carbons (Fsp3) is 0.0588. The molecule has 1 amide bonds. The van der Waals surface area contributed by atoms with Crippen LogP contribution in [0.5, 0.6) is 0 Å². The Morgan fingerprint density at radius 1 is 1.28 bits per heavy atom. The normalized spacial score (nSPS) is 10.2. The number of halogens is 1. The molecule has 124 valence electrons. The Bertz CT molecular complexity index is 936. The lowest BCUT2D eigenvalue weighted by molar-refractivity contribution is -0.113. The number of nitrogens with one attached hydrogen (secondary N) is 1. The predicted octanol–water partition coefficient (Wildman–Crippen LogP) is 3.52. The number of hydrogen-bond donors (Lipinski definition) is 1. The lowest BCUT2D eigenvalue weighted by Crippen LogP contribution is -2.14. The van der Waals surface area contributed by atoms with Crippen molar-refractivity contribution < 1.29 is 4.79 Å². The molecule has 1 aromatic heterocycles. The maximum atomic E-state index is 12.0. The topological polar surface area (TPSA) is 83.6 Å². The van der Waals surface area contributed by atoms with Gasteiger partial charge in [0.1, 0.15) is 12.4 Å². The summed E-state index contributed by atoms with van der Waals surface area (Å²) in [7, 11) is 0. The first kappa shape index (κ1) is 17.0. The van der Waals surface area contributed by atoms with Crippen molar-refractivity contribution in [2.45, 2.75) is 5.16 Å². The van der Waals surface area contributed by atoms with Gasteiger partial charge in [-0.3, -0.25) is 4.79 Å². The number of anilines is 1. The molecule has 0 aliphatic carbocycles. The third kappa shape index (κ3) is 4.38. The van der Waals surface area contributed by atoms with Crippen molar-refractivity contribution in [2.24, 2.45) is 0 Å². The van der Waals surface area contributed by atoms with Crippen molar-refractivity contribution in [2.75, 3.05) is 11.1 Å². The number of para-hydroxylation sites is 1. The Morgan fingerprint density at radius 3 is 2.80 bits per heavy atom.